The molecule has 1 saturated carbocycles. The summed E-state index contributed by atoms with van der Waals surface area (Å²) in [5.41, 5.74) is 6.20. The van der Waals surface area contributed by atoms with E-state index in [1.54, 1.807) is 0 Å². The van der Waals surface area contributed by atoms with Crippen LogP contribution in [-0.4, -0.2) is 30.6 Å². The average molecular weight is 289 g/mol. The van der Waals surface area contributed by atoms with Gasteiger partial charge in [-0.25, -0.2) is 0 Å². The molecular weight excluding hydrogens is 265 g/mol. The summed E-state index contributed by atoms with van der Waals surface area (Å²) in [4.78, 5) is 4.53. The minimum absolute atomic E-state index is 0.253. The molecule has 21 heavy (non-hydrogen) atoms. The molecule has 2 rings (SSSR count). The highest BCUT2D eigenvalue weighted by Crippen LogP contribution is 2.45. The third-order valence-electron chi connectivity index (χ3n) is 4.81. The Morgan fingerprint density at radius 2 is 1.81 bits per heavy atom. The number of nitrogens with zero attached hydrogens (tertiary/aromatic N) is 2. The third-order valence-corrected chi connectivity index (χ3v) is 4.81. The predicted molar refractivity (Wildman–Crippen MR) is 83.6 cm³/mol. The summed E-state index contributed by atoms with van der Waals surface area (Å²) in [6, 6.07) is 2.34. The Bertz CT molecular complexity index is 512. The van der Waals surface area contributed by atoms with E-state index in [0.29, 0.717) is 6.54 Å². The number of hydrogen-bond acceptors (Lipinski definition) is 5. The maximum Gasteiger partial charge on any atom is 0.498 e. The van der Waals surface area contributed by atoms with Crippen LogP contribution < -0.4 is 5.73 Å². The molecule has 0 unspecified atom stereocenters. The maximum atomic E-state index is 9.11. The molecule has 0 aromatic carbocycles. The number of allylic oxidation sites excluding steroid dienone is 1. The van der Waals surface area contributed by atoms with Gasteiger partial charge in [0, 0.05) is 11.2 Å². The molecule has 6 heteroatoms. The fourth-order valence-corrected chi connectivity index (χ4v) is 2.16. The lowest BCUT2D eigenvalue weighted by molar-refractivity contribution is 0.00578. The fourth-order valence-electron chi connectivity index (χ4n) is 2.16. The summed E-state index contributed by atoms with van der Waals surface area (Å²) in [7, 11) is -0.513. The van der Waals surface area contributed by atoms with Crippen LogP contribution in [0.3, 0.4) is 0 Å². The van der Waals surface area contributed by atoms with Gasteiger partial charge in [-0.3, -0.25) is 4.99 Å². The van der Waals surface area contributed by atoms with Gasteiger partial charge in [-0.1, -0.05) is 0 Å². The van der Waals surface area contributed by atoms with Crippen molar-refractivity contribution >= 4 is 12.8 Å². The van der Waals surface area contributed by atoms with Gasteiger partial charge in [-0.15, -0.1) is 0 Å². The first-order valence-electron chi connectivity index (χ1n) is 7.36. The zero-order valence-electron chi connectivity index (χ0n) is 13.6. The van der Waals surface area contributed by atoms with Crippen LogP contribution in [0.25, 0.3) is 0 Å². The van der Waals surface area contributed by atoms with Gasteiger partial charge in [-0.05, 0) is 53.7 Å². The van der Waals surface area contributed by atoms with Crippen LogP contribution in [0.1, 0.15) is 47.5 Å². The Hall–Kier alpha value is -1.32. The highest BCUT2D eigenvalue weighted by atomic mass is 16.7. The smallest absolute Gasteiger partial charge is 0.405 e. The van der Waals surface area contributed by atoms with Crippen molar-refractivity contribution in [3.05, 3.63) is 11.7 Å². The van der Waals surface area contributed by atoms with Gasteiger partial charge in [-0.2, -0.15) is 5.26 Å². The minimum Gasteiger partial charge on any atom is -0.405 e. The molecule has 2 aliphatic rings. The SMILES string of the molecule is CC(=NCC1(C#N)CC1)C(=CN)B1OC(C)(C)C(C)(C)O1. The van der Waals surface area contributed by atoms with Crippen molar-refractivity contribution in [1.29, 1.82) is 5.26 Å². The van der Waals surface area contributed by atoms with Gasteiger partial charge < -0.3 is 15.0 Å². The number of nitriles is 1. The first-order chi connectivity index (χ1) is 9.66. The lowest BCUT2D eigenvalue weighted by Gasteiger charge is -2.32. The van der Waals surface area contributed by atoms with E-state index in [1.807, 2.05) is 34.6 Å². The molecule has 0 radical (unpaired) electrons. The quantitative estimate of drug-likeness (QED) is 0.635. The van der Waals surface area contributed by atoms with Crippen molar-refractivity contribution in [3.63, 3.8) is 0 Å². The molecule has 1 aliphatic carbocycles. The maximum absolute atomic E-state index is 9.11. The van der Waals surface area contributed by atoms with E-state index in [0.717, 1.165) is 24.0 Å². The molecule has 5 nitrogen and oxygen atoms in total. The van der Waals surface area contributed by atoms with Crippen LogP contribution in [0.2, 0.25) is 0 Å². The average Bonchev–Trinajstić information content (AvgIpc) is 3.12. The summed E-state index contributed by atoms with van der Waals surface area (Å²) in [5, 5.41) is 9.11. The zero-order valence-corrected chi connectivity index (χ0v) is 13.6. The normalized spacial score (nSPS) is 26.6. The fraction of sp³-hybridized carbons (Fsp3) is 0.733. The second-order valence-electron chi connectivity index (χ2n) is 7.00. The Morgan fingerprint density at radius 1 is 1.29 bits per heavy atom. The number of rotatable bonds is 4. The highest BCUT2D eigenvalue weighted by Gasteiger charge is 2.53. The summed E-state index contributed by atoms with van der Waals surface area (Å²) in [6.45, 7) is 10.4. The van der Waals surface area contributed by atoms with E-state index in [2.05, 4.69) is 11.1 Å². The first kappa shape index (κ1) is 16.1. The molecule has 0 aromatic heterocycles. The van der Waals surface area contributed by atoms with Crippen molar-refractivity contribution in [3.8, 4) is 6.07 Å². The first-order valence-corrected chi connectivity index (χ1v) is 7.36. The molecule has 1 heterocycles. The van der Waals surface area contributed by atoms with E-state index in [4.69, 9.17) is 20.3 Å². The van der Waals surface area contributed by atoms with Crippen LogP contribution in [0, 0.1) is 16.7 Å². The minimum atomic E-state index is -0.513. The molecule has 0 bridgehead atoms. The van der Waals surface area contributed by atoms with Crippen LogP contribution in [0.15, 0.2) is 16.7 Å². The molecule has 2 fully saturated rings. The number of aliphatic imine (C=N–C) groups is 1. The Kier molecular flexibility index (Phi) is 3.94. The second-order valence-corrected chi connectivity index (χ2v) is 7.00. The van der Waals surface area contributed by atoms with E-state index >= 15 is 0 Å². The van der Waals surface area contributed by atoms with E-state index < -0.39 is 18.3 Å². The van der Waals surface area contributed by atoms with Crippen molar-refractivity contribution in [2.75, 3.05) is 6.54 Å². The summed E-state index contributed by atoms with van der Waals surface area (Å²) >= 11 is 0. The van der Waals surface area contributed by atoms with E-state index in [-0.39, 0.29) is 5.41 Å². The van der Waals surface area contributed by atoms with Crippen LogP contribution >= 0.6 is 0 Å². The van der Waals surface area contributed by atoms with E-state index in [9.17, 15) is 0 Å². The Morgan fingerprint density at radius 3 is 2.19 bits per heavy atom. The van der Waals surface area contributed by atoms with Crippen LogP contribution in [-0.2, 0) is 9.31 Å². The standard InChI is InChI=1S/C15H24BN3O2/c1-11(19-10-15(9-18)6-7-15)12(8-17)16-20-13(2,3)14(4,5)21-16/h8H,6-7,10,17H2,1-5H3. The molecule has 0 amide bonds. The third kappa shape index (κ3) is 2.99. The molecule has 0 spiro atoms. The molecule has 0 atom stereocenters. The van der Waals surface area contributed by atoms with Gasteiger partial charge in [0.05, 0.1) is 29.2 Å². The van der Waals surface area contributed by atoms with E-state index in [1.165, 1.54) is 6.20 Å². The monoisotopic (exact) mass is 289 g/mol. The van der Waals surface area contributed by atoms with Gasteiger partial charge in [0.25, 0.3) is 0 Å². The number of nitrogens with two attached hydrogens (primary N) is 1. The molecule has 2 N–H and O–H groups in total. The second kappa shape index (κ2) is 5.15. The molecular formula is C15H24BN3O2. The van der Waals surface area contributed by atoms with Crippen molar-refractivity contribution in [2.24, 2.45) is 16.1 Å². The number of hydrogen-bond donors (Lipinski definition) is 1. The highest BCUT2D eigenvalue weighted by molar-refractivity contribution is 6.62. The molecule has 114 valence electrons. The lowest BCUT2D eigenvalue weighted by atomic mass is 9.76. The molecule has 0 aromatic rings. The summed E-state index contributed by atoms with van der Waals surface area (Å²) in [5.74, 6) is 0. The van der Waals surface area contributed by atoms with Crippen molar-refractivity contribution in [1.82, 2.24) is 0 Å². The van der Waals surface area contributed by atoms with Crippen molar-refractivity contribution < 1.29 is 9.31 Å². The Labute approximate surface area is 127 Å². The predicted octanol–water partition coefficient (Wildman–Crippen LogP) is 2.23. The molecule has 1 saturated heterocycles. The van der Waals surface area contributed by atoms with Gasteiger partial charge in [0.2, 0.25) is 0 Å². The van der Waals surface area contributed by atoms with Gasteiger partial charge >= 0.3 is 7.12 Å². The summed E-state index contributed by atoms with van der Waals surface area (Å²) < 4.78 is 12.0. The van der Waals surface area contributed by atoms with Crippen molar-refractivity contribution in [2.45, 2.75) is 58.7 Å². The van der Waals surface area contributed by atoms with Crippen LogP contribution in [0.4, 0.5) is 0 Å². The Balaban J connectivity index is 2.11. The topological polar surface area (TPSA) is 80.6 Å². The van der Waals surface area contributed by atoms with Gasteiger partial charge in [0.1, 0.15) is 0 Å². The largest absolute Gasteiger partial charge is 0.498 e. The lowest BCUT2D eigenvalue weighted by Crippen LogP contribution is -2.41. The summed E-state index contributed by atoms with van der Waals surface area (Å²) in [6.07, 6.45) is 3.35. The van der Waals surface area contributed by atoms with Gasteiger partial charge in [0.15, 0.2) is 0 Å². The molecule has 1 aliphatic heterocycles. The zero-order chi connectivity index (χ0) is 15.9. The van der Waals surface area contributed by atoms with Crippen LogP contribution in [0.5, 0.6) is 0 Å².